The number of piperazine rings is 1. The Morgan fingerprint density at radius 3 is 2.75 bits per heavy atom. The molecule has 5 nitrogen and oxygen atoms in total. The third-order valence-electron chi connectivity index (χ3n) is 3.71. The molecular weight excluding hydrogens is 508 g/mol. The van der Waals surface area contributed by atoms with Crippen molar-refractivity contribution in [3.63, 3.8) is 0 Å². The number of halogens is 3. The van der Waals surface area contributed by atoms with E-state index in [9.17, 15) is 4.39 Å². The van der Waals surface area contributed by atoms with E-state index >= 15 is 0 Å². The lowest BCUT2D eigenvalue weighted by Gasteiger charge is -2.35. The minimum Gasteiger partial charge on any atom is -0.370 e. The lowest BCUT2D eigenvalue weighted by Crippen LogP contribution is -2.51. The van der Waals surface area contributed by atoms with Gasteiger partial charge in [0.05, 0.1) is 6.54 Å². The molecule has 1 aromatic carbocycles. The van der Waals surface area contributed by atoms with Gasteiger partial charge in [0, 0.05) is 47.8 Å². The fourth-order valence-corrected chi connectivity index (χ4v) is 3.53. The number of aromatic nitrogens is 1. The highest BCUT2D eigenvalue weighted by atomic mass is 127. The molecule has 1 aliphatic heterocycles. The number of benzene rings is 1. The first-order valence-corrected chi connectivity index (χ1v) is 8.94. The second-order valence-corrected chi connectivity index (χ2v) is 6.99. The topological polar surface area (TPSA) is 57.8 Å². The van der Waals surface area contributed by atoms with E-state index < -0.39 is 0 Å². The molecule has 2 N–H and O–H groups in total. The number of hydrogen-bond acceptors (Lipinski definition) is 4. The summed E-state index contributed by atoms with van der Waals surface area (Å²) in [5, 5.41) is 3.01. The van der Waals surface area contributed by atoms with Gasteiger partial charge < -0.3 is 15.5 Å². The SMILES string of the molecule is I.NC(=NCc1cc(Br)ccc1F)N1CCN(c2nccs2)CC1. The van der Waals surface area contributed by atoms with Gasteiger partial charge in [-0.05, 0) is 18.2 Å². The van der Waals surface area contributed by atoms with Crippen LogP contribution in [0.3, 0.4) is 0 Å². The maximum atomic E-state index is 13.7. The maximum absolute atomic E-state index is 13.7. The van der Waals surface area contributed by atoms with Gasteiger partial charge in [0.2, 0.25) is 0 Å². The van der Waals surface area contributed by atoms with Crippen molar-refractivity contribution in [2.24, 2.45) is 10.7 Å². The van der Waals surface area contributed by atoms with Crippen LogP contribution in [-0.2, 0) is 6.54 Å². The number of rotatable bonds is 3. The molecule has 1 fully saturated rings. The van der Waals surface area contributed by atoms with Gasteiger partial charge in [-0.25, -0.2) is 14.4 Å². The number of guanidine groups is 1. The molecule has 1 aromatic heterocycles. The normalized spacial score (nSPS) is 15.3. The lowest BCUT2D eigenvalue weighted by molar-refractivity contribution is 0.380. The average molecular weight is 526 g/mol. The minimum absolute atomic E-state index is 0. The summed E-state index contributed by atoms with van der Waals surface area (Å²) in [4.78, 5) is 12.9. The van der Waals surface area contributed by atoms with Gasteiger partial charge in [0.1, 0.15) is 5.82 Å². The predicted octanol–water partition coefficient (Wildman–Crippen LogP) is 3.30. The molecule has 1 saturated heterocycles. The van der Waals surface area contributed by atoms with E-state index in [0.29, 0.717) is 11.5 Å². The average Bonchev–Trinajstić information content (AvgIpc) is 3.10. The molecule has 0 spiro atoms. The van der Waals surface area contributed by atoms with E-state index in [1.54, 1.807) is 23.5 Å². The minimum atomic E-state index is -0.265. The molecule has 0 aliphatic carbocycles. The second-order valence-electron chi connectivity index (χ2n) is 5.20. The number of nitrogens with zero attached hydrogens (tertiary/aromatic N) is 4. The summed E-state index contributed by atoms with van der Waals surface area (Å²) in [5.74, 6) is 0.196. The Balaban J connectivity index is 0.00000208. The van der Waals surface area contributed by atoms with Crippen molar-refractivity contribution in [2.45, 2.75) is 6.54 Å². The Bertz CT molecular complexity index is 689. The van der Waals surface area contributed by atoms with Gasteiger partial charge in [-0.1, -0.05) is 15.9 Å². The van der Waals surface area contributed by atoms with Crippen LogP contribution in [-0.4, -0.2) is 42.0 Å². The van der Waals surface area contributed by atoms with E-state index in [4.69, 9.17) is 5.73 Å². The molecule has 0 saturated carbocycles. The van der Waals surface area contributed by atoms with Gasteiger partial charge in [-0.15, -0.1) is 35.3 Å². The molecule has 3 rings (SSSR count). The maximum Gasteiger partial charge on any atom is 0.191 e. The third-order valence-corrected chi connectivity index (χ3v) is 5.04. The number of nitrogens with two attached hydrogens (primary N) is 1. The molecule has 0 bridgehead atoms. The Labute approximate surface area is 169 Å². The molecule has 0 radical (unpaired) electrons. The smallest absolute Gasteiger partial charge is 0.191 e. The Hall–Kier alpha value is -0.940. The van der Waals surface area contributed by atoms with Crippen LogP contribution in [0.5, 0.6) is 0 Å². The van der Waals surface area contributed by atoms with Crippen LogP contribution in [0.4, 0.5) is 9.52 Å². The number of hydrogen-bond donors (Lipinski definition) is 1. The van der Waals surface area contributed by atoms with E-state index in [2.05, 4.69) is 30.8 Å². The van der Waals surface area contributed by atoms with Crippen LogP contribution in [0.1, 0.15) is 5.56 Å². The fraction of sp³-hybridized carbons (Fsp3) is 0.333. The van der Waals surface area contributed by atoms with Crippen molar-refractivity contribution >= 4 is 62.3 Å². The number of thiazole rings is 1. The van der Waals surface area contributed by atoms with Gasteiger partial charge in [0.25, 0.3) is 0 Å². The molecule has 24 heavy (non-hydrogen) atoms. The summed E-state index contributed by atoms with van der Waals surface area (Å²) in [5.41, 5.74) is 6.59. The van der Waals surface area contributed by atoms with Gasteiger partial charge >= 0.3 is 0 Å². The first kappa shape index (κ1) is 19.4. The van der Waals surface area contributed by atoms with E-state index in [1.165, 1.54) is 6.07 Å². The lowest BCUT2D eigenvalue weighted by atomic mass is 10.2. The molecule has 130 valence electrons. The zero-order valence-electron chi connectivity index (χ0n) is 12.9. The number of anilines is 1. The summed E-state index contributed by atoms with van der Waals surface area (Å²) in [6.45, 7) is 3.53. The summed E-state index contributed by atoms with van der Waals surface area (Å²) in [7, 11) is 0. The van der Waals surface area contributed by atoms with Crippen molar-refractivity contribution in [1.82, 2.24) is 9.88 Å². The summed E-state index contributed by atoms with van der Waals surface area (Å²) in [6, 6.07) is 4.83. The second kappa shape index (κ2) is 8.95. The largest absolute Gasteiger partial charge is 0.370 e. The van der Waals surface area contributed by atoms with Crippen molar-refractivity contribution in [3.8, 4) is 0 Å². The Morgan fingerprint density at radius 1 is 1.33 bits per heavy atom. The Kier molecular flexibility index (Phi) is 7.23. The van der Waals surface area contributed by atoms with Crippen LogP contribution in [0, 0.1) is 5.82 Å². The number of aliphatic imine (C=N–C) groups is 1. The quantitative estimate of drug-likeness (QED) is 0.379. The molecule has 2 heterocycles. The summed E-state index contributed by atoms with van der Waals surface area (Å²) in [6.07, 6.45) is 1.81. The standard InChI is InChI=1S/C15H17BrFN5S.HI/c16-12-1-2-13(17)11(9-12)10-20-14(18)21-4-6-22(7-5-21)15-19-3-8-23-15;/h1-3,8-9H,4-7,10H2,(H2,18,20);1H. The molecule has 1 aliphatic rings. The van der Waals surface area contributed by atoms with E-state index in [-0.39, 0.29) is 36.3 Å². The van der Waals surface area contributed by atoms with E-state index in [0.717, 1.165) is 35.8 Å². The summed E-state index contributed by atoms with van der Waals surface area (Å²) >= 11 is 4.98. The molecule has 0 unspecified atom stereocenters. The first-order valence-electron chi connectivity index (χ1n) is 7.27. The highest BCUT2D eigenvalue weighted by Crippen LogP contribution is 2.19. The fourth-order valence-electron chi connectivity index (χ4n) is 2.43. The van der Waals surface area contributed by atoms with Crippen LogP contribution in [0.2, 0.25) is 0 Å². The van der Waals surface area contributed by atoms with Gasteiger partial charge in [-0.3, -0.25) is 0 Å². The zero-order valence-corrected chi connectivity index (χ0v) is 17.6. The highest BCUT2D eigenvalue weighted by molar-refractivity contribution is 14.0. The third kappa shape index (κ3) is 4.79. The highest BCUT2D eigenvalue weighted by Gasteiger charge is 2.19. The van der Waals surface area contributed by atoms with Crippen LogP contribution in [0.15, 0.2) is 39.2 Å². The van der Waals surface area contributed by atoms with Crippen molar-refractivity contribution in [3.05, 3.63) is 45.6 Å². The Morgan fingerprint density at radius 2 is 2.08 bits per heavy atom. The first-order chi connectivity index (χ1) is 11.1. The zero-order chi connectivity index (χ0) is 16.2. The molecule has 2 aromatic rings. The molecular formula is C15H18BrFIN5S. The predicted molar refractivity (Wildman–Crippen MR) is 111 cm³/mol. The van der Waals surface area contributed by atoms with Crippen molar-refractivity contribution < 1.29 is 4.39 Å². The van der Waals surface area contributed by atoms with Crippen molar-refractivity contribution in [2.75, 3.05) is 31.1 Å². The van der Waals surface area contributed by atoms with Crippen LogP contribution < -0.4 is 10.6 Å². The van der Waals surface area contributed by atoms with Crippen LogP contribution >= 0.6 is 51.2 Å². The monoisotopic (exact) mass is 525 g/mol. The van der Waals surface area contributed by atoms with Crippen molar-refractivity contribution in [1.29, 1.82) is 0 Å². The molecule has 0 atom stereocenters. The van der Waals surface area contributed by atoms with Crippen LogP contribution in [0.25, 0.3) is 0 Å². The molecule has 9 heteroatoms. The summed E-state index contributed by atoms with van der Waals surface area (Å²) < 4.78 is 14.5. The van der Waals surface area contributed by atoms with E-state index in [1.807, 2.05) is 16.5 Å². The van der Waals surface area contributed by atoms with Gasteiger partial charge in [0.15, 0.2) is 11.1 Å². The molecule has 0 amide bonds. The van der Waals surface area contributed by atoms with Gasteiger partial charge in [-0.2, -0.15) is 0 Å².